The first kappa shape index (κ1) is 35.8. The number of para-hydroxylation sites is 5. The van der Waals surface area contributed by atoms with Crippen LogP contribution in [-0.2, 0) is 0 Å². The van der Waals surface area contributed by atoms with Gasteiger partial charge in [0, 0.05) is 49.3 Å². The number of hydrogen-bond donors (Lipinski definition) is 0. The van der Waals surface area contributed by atoms with Gasteiger partial charge in [0.05, 0.1) is 33.2 Å². The number of fused-ring (bicyclic) bond motifs is 12. The van der Waals surface area contributed by atoms with Gasteiger partial charge in [0.2, 0.25) is 0 Å². The van der Waals surface area contributed by atoms with E-state index in [1.165, 1.54) is 21.8 Å². The van der Waals surface area contributed by atoms with Crippen molar-refractivity contribution < 1.29 is 13.3 Å². The molecule has 65 heavy (non-hydrogen) atoms. The lowest BCUT2D eigenvalue weighted by atomic mass is 9.99. The summed E-state index contributed by atoms with van der Waals surface area (Å²) in [6.45, 7) is 0. The molecular weight excluding hydrogens is 797 g/mol. The van der Waals surface area contributed by atoms with Crippen LogP contribution in [-0.4, -0.2) is 4.57 Å². The van der Waals surface area contributed by atoms with Crippen molar-refractivity contribution in [3.63, 3.8) is 0 Å². The largest absolute Gasteiger partial charge is 0.456 e. The van der Waals surface area contributed by atoms with Crippen molar-refractivity contribution in [3.8, 4) is 27.9 Å². The van der Waals surface area contributed by atoms with Crippen LogP contribution < -0.4 is 4.90 Å². The smallest absolute Gasteiger partial charge is 0.143 e. The molecule has 0 fully saturated rings. The van der Waals surface area contributed by atoms with E-state index < -0.39 is 0 Å². The summed E-state index contributed by atoms with van der Waals surface area (Å²) >= 11 is 0. The fourth-order valence-corrected chi connectivity index (χ4v) is 10.3. The Morgan fingerprint density at radius 3 is 1.63 bits per heavy atom. The molecule has 0 aliphatic carbocycles. The number of nitrogens with zero attached hydrogens (tertiary/aromatic N) is 2. The van der Waals surface area contributed by atoms with Crippen LogP contribution in [0.3, 0.4) is 0 Å². The van der Waals surface area contributed by atoms with Crippen molar-refractivity contribution >= 4 is 105 Å². The number of furan rings is 3. The van der Waals surface area contributed by atoms with E-state index in [0.717, 1.165) is 111 Å². The van der Waals surface area contributed by atoms with E-state index in [1.54, 1.807) is 0 Å². The predicted molar refractivity (Wildman–Crippen MR) is 268 cm³/mol. The van der Waals surface area contributed by atoms with Crippen molar-refractivity contribution in [1.82, 2.24) is 4.57 Å². The first-order valence-corrected chi connectivity index (χ1v) is 22.0. The molecule has 10 aromatic carbocycles. The molecule has 4 aromatic heterocycles. The lowest BCUT2D eigenvalue weighted by Crippen LogP contribution is -2.10. The zero-order valence-corrected chi connectivity index (χ0v) is 34.9. The average Bonchev–Trinajstić information content (AvgIpc) is 4.13. The maximum Gasteiger partial charge on any atom is 0.143 e. The molecule has 14 rings (SSSR count). The second-order valence-electron chi connectivity index (χ2n) is 16.8. The SMILES string of the molecule is c1ccc(-n2c3ccccc3c3cc(-c4ccc5oc6cccc(N(c7ccc(-c8cccc9c8oc8ccccc89)cc7)c7cccc8oc9ccccc9c78)c6c5c4)ccc32)cc1. The van der Waals surface area contributed by atoms with Gasteiger partial charge in [-0.3, -0.25) is 0 Å². The van der Waals surface area contributed by atoms with Crippen LogP contribution in [0.4, 0.5) is 17.1 Å². The molecule has 0 N–H and O–H groups in total. The number of benzene rings is 10. The van der Waals surface area contributed by atoms with Crippen LogP contribution in [0.15, 0.2) is 232 Å². The van der Waals surface area contributed by atoms with Gasteiger partial charge in [-0.2, -0.15) is 0 Å². The highest BCUT2D eigenvalue weighted by Gasteiger charge is 2.24. The van der Waals surface area contributed by atoms with Crippen molar-refractivity contribution in [1.29, 1.82) is 0 Å². The summed E-state index contributed by atoms with van der Waals surface area (Å²) in [5.74, 6) is 0. The van der Waals surface area contributed by atoms with Gasteiger partial charge in [-0.05, 0) is 108 Å². The lowest BCUT2D eigenvalue weighted by molar-refractivity contribution is 0.669. The molecule has 304 valence electrons. The summed E-state index contributed by atoms with van der Waals surface area (Å²) in [5, 5.41) is 8.86. The summed E-state index contributed by atoms with van der Waals surface area (Å²) < 4.78 is 22.0. The van der Waals surface area contributed by atoms with Gasteiger partial charge in [0.15, 0.2) is 0 Å². The van der Waals surface area contributed by atoms with E-state index in [1.807, 2.05) is 24.3 Å². The first-order chi connectivity index (χ1) is 32.2. The topological polar surface area (TPSA) is 47.6 Å². The van der Waals surface area contributed by atoms with Gasteiger partial charge in [-0.1, -0.05) is 127 Å². The normalized spacial score (nSPS) is 12.0. The zero-order chi connectivity index (χ0) is 42.6. The molecule has 5 nitrogen and oxygen atoms in total. The van der Waals surface area contributed by atoms with Gasteiger partial charge < -0.3 is 22.7 Å². The lowest BCUT2D eigenvalue weighted by Gasteiger charge is -2.27. The second kappa shape index (κ2) is 13.9. The summed E-state index contributed by atoms with van der Waals surface area (Å²) in [7, 11) is 0. The van der Waals surface area contributed by atoms with Gasteiger partial charge >= 0.3 is 0 Å². The average molecular weight is 833 g/mol. The highest BCUT2D eigenvalue weighted by atomic mass is 16.3. The van der Waals surface area contributed by atoms with Crippen LogP contribution in [0.25, 0.3) is 116 Å². The van der Waals surface area contributed by atoms with Crippen LogP contribution in [0, 0.1) is 0 Å². The molecule has 0 unspecified atom stereocenters. The minimum Gasteiger partial charge on any atom is -0.456 e. The first-order valence-electron chi connectivity index (χ1n) is 22.0. The van der Waals surface area contributed by atoms with Crippen molar-refractivity contribution in [2.45, 2.75) is 0 Å². The Morgan fingerprint density at radius 1 is 0.323 bits per heavy atom. The number of hydrogen-bond acceptors (Lipinski definition) is 4. The Bertz CT molecular complexity index is 4190. The molecule has 0 saturated heterocycles. The number of aromatic nitrogens is 1. The fourth-order valence-electron chi connectivity index (χ4n) is 10.3. The van der Waals surface area contributed by atoms with Crippen molar-refractivity contribution in [2.75, 3.05) is 4.90 Å². The predicted octanol–water partition coefficient (Wildman–Crippen LogP) is 17.3. The van der Waals surface area contributed by atoms with E-state index in [4.69, 9.17) is 13.3 Å². The van der Waals surface area contributed by atoms with Crippen LogP contribution in [0.5, 0.6) is 0 Å². The second-order valence-corrected chi connectivity index (χ2v) is 16.8. The monoisotopic (exact) mass is 832 g/mol. The third-order valence-electron chi connectivity index (χ3n) is 13.2. The summed E-state index contributed by atoms with van der Waals surface area (Å²) in [5.41, 5.74) is 16.0. The highest BCUT2D eigenvalue weighted by molar-refractivity contribution is 6.19. The van der Waals surface area contributed by atoms with Gasteiger partial charge in [0.25, 0.3) is 0 Å². The molecule has 0 saturated carbocycles. The minimum atomic E-state index is 0.818. The molecular formula is C60H36N2O3. The van der Waals surface area contributed by atoms with E-state index in [9.17, 15) is 0 Å². The van der Waals surface area contributed by atoms with Crippen molar-refractivity contribution in [3.05, 3.63) is 218 Å². The van der Waals surface area contributed by atoms with E-state index >= 15 is 0 Å². The maximum absolute atomic E-state index is 6.71. The third kappa shape index (κ3) is 5.39. The van der Waals surface area contributed by atoms with Crippen LogP contribution >= 0.6 is 0 Å². The van der Waals surface area contributed by atoms with Gasteiger partial charge in [0.1, 0.15) is 33.5 Å². The molecule has 0 spiro atoms. The quantitative estimate of drug-likeness (QED) is 0.167. The summed E-state index contributed by atoms with van der Waals surface area (Å²) in [6, 6.07) is 77.2. The van der Waals surface area contributed by atoms with Crippen LogP contribution in [0.2, 0.25) is 0 Å². The Kier molecular flexibility index (Phi) is 7.62. The molecule has 4 heterocycles. The van der Waals surface area contributed by atoms with Crippen LogP contribution in [0.1, 0.15) is 0 Å². The molecule has 5 heteroatoms. The highest BCUT2D eigenvalue weighted by Crippen LogP contribution is 2.48. The third-order valence-corrected chi connectivity index (χ3v) is 13.2. The van der Waals surface area contributed by atoms with Gasteiger partial charge in [-0.25, -0.2) is 0 Å². The summed E-state index contributed by atoms with van der Waals surface area (Å²) in [4.78, 5) is 2.37. The zero-order valence-electron chi connectivity index (χ0n) is 34.9. The molecule has 0 amide bonds. The Labute approximate surface area is 372 Å². The maximum atomic E-state index is 6.71. The van der Waals surface area contributed by atoms with Gasteiger partial charge in [-0.15, -0.1) is 0 Å². The minimum absolute atomic E-state index is 0.818. The Balaban J connectivity index is 0.967. The van der Waals surface area contributed by atoms with E-state index in [2.05, 4.69) is 204 Å². The molecule has 0 aliphatic heterocycles. The number of rotatable bonds is 6. The number of anilines is 3. The van der Waals surface area contributed by atoms with Crippen molar-refractivity contribution in [2.24, 2.45) is 0 Å². The Morgan fingerprint density at radius 2 is 0.862 bits per heavy atom. The standard InChI is InChI=1S/C60H36N2O3/c1-2-13-40(14-3-1)61-49-20-7-4-15-43(49)47-35-38(29-33-50(47)61)39-30-34-55-48(36-39)59-52(22-12-26-57(59)64-55)62(51-21-11-25-56-58(51)46-17-6-9-24-54(46)63-56)41-31-27-37(28-32-41)42-18-10-19-45-44-16-5-8-23-53(44)65-60(42)45/h1-36H. The molecule has 0 aliphatic rings. The molecule has 0 radical (unpaired) electrons. The summed E-state index contributed by atoms with van der Waals surface area (Å²) in [6.07, 6.45) is 0. The molecule has 14 aromatic rings. The molecule has 0 atom stereocenters. The van der Waals surface area contributed by atoms with E-state index in [-0.39, 0.29) is 0 Å². The molecule has 0 bridgehead atoms. The Hall–Kier alpha value is -8.80. The van der Waals surface area contributed by atoms with E-state index in [0.29, 0.717) is 0 Å². The fraction of sp³-hybridized carbons (Fsp3) is 0.